The second-order valence-corrected chi connectivity index (χ2v) is 5.88. The number of nitrogens with one attached hydrogen (secondary N) is 1. The van der Waals surface area contributed by atoms with Gasteiger partial charge in [-0.1, -0.05) is 12.1 Å². The third kappa shape index (κ3) is 4.50. The first-order valence-electron chi connectivity index (χ1n) is 8.57. The molecular weight excluding hydrogens is 362 g/mol. The van der Waals surface area contributed by atoms with Crippen molar-refractivity contribution < 1.29 is 9.53 Å². The van der Waals surface area contributed by atoms with Crippen molar-refractivity contribution in [1.82, 2.24) is 24.6 Å². The maximum atomic E-state index is 12.3. The first-order chi connectivity index (χ1) is 13.6. The molecule has 9 heteroatoms. The second-order valence-electron chi connectivity index (χ2n) is 5.88. The number of hydrogen-bond acceptors (Lipinski definition) is 6. The number of ether oxygens (including phenoxy) is 1. The van der Waals surface area contributed by atoms with Crippen LogP contribution in [-0.4, -0.2) is 38.9 Å². The van der Waals surface area contributed by atoms with Crippen molar-refractivity contribution in [2.75, 3.05) is 13.7 Å². The molecule has 2 aromatic heterocycles. The molecule has 3 rings (SSSR count). The summed E-state index contributed by atoms with van der Waals surface area (Å²) >= 11 is 0. The summed E-state index contributed by atoms with van der Waals surface area (Å²) < 4.78 is 7.74. The van der Waals surface area contributed by atoms with E-state index in [0.29, 0.717) is 17.0 Å². The zero-order chi connectivity index (χ0) is 19.9. The summed E-state index contributed by atoms with van der Waals surface area (Å²) in [4.78, 5) is 40.2. The smallest absolute Gasteiger partial charge is 0.266 e. The lowest BCUT2D eigenvalue weighted by Crippen LogP contribution is -2.35. The highest BCUT2D eigenvalue weighted by atomic mass is 16.5. The van der Waals surface area contributed by atoms with E-state index in [1.165, 1.54) is 33.9 Å². The quantitative estimate of drug-likeness (QED) is 0.630. The van der Waals surface area contributed by atoms with Crippen molar-refractivity contribution in [3.8, 4) is 17.0 Å². The van der Waals surface area contributed by atoms with Gasteiger partial charge < -0.3 is 10.1 Å². The third-order valence-corrected chi connectivity index (χ3v) is 4.01. The van der Waals surface area contributed by atoms with Gasteiger partial charge in [-0.2, -0.15) is 5.10 Å². The van der Waals surface area contributed by atoms with Gasteiger partial charge in [0.25, 0.3) is 11.1 Å². The van der Waals surface area contributed by atoms with Gasteiger partial charge in [0, 0.05) is 30.4 Å². The number of carbonyl (C=O) groups is 1. The van der Waals surface area contributed by atoms with Crippen molar-refractivity contribution >= 4 is 5.91 Å². The number of para-hydroxylation sites is 1. The Morgan fingerprint density at radius 1 is 1.14 bits per heavy atom. The van der Waals surface area contributed by atoms with E-state index in [2.05, 4.69) is 15.4 Å². The highest BCUT2D eigenvalue weighted by Crippen LogP contribution is 2.26. The number of carbonyl (C=O) groups excluding carboxylic acids is 1. The summed E-state index contributed by atoms with van der Waals surface area (Å²) in [6, 6.07) is 11.5. The second kappa shape index (κ2) is 8.76. The normalized spacial score (nSPS) is 10.5. The molecule has 0 aliphatic carbocycles. The molecule has 0 aliphatic heterocycles. The average Bonchev–Trinajstić information content (AvgIpc) is 2.71. The number of rotatable bonds is 7. The minimum absolute atomic E-state index is 0.171. The molecule has 0 saturated carbocycles. The van der Waals surface area contributed by atoms with Crippen LogP contribution in [-0.2, 0) is 17.9 Å². The molecule has 9 nitrogen and oxygen atoms in total. The molecule has 0 atom stereocenters. The van der Waals surface area contributed by atoms with Crippen LogP contribution in [0.15, 0.2) is 64.6 Å². The molecule has 3 aromatic rings. The lowest BCUT2D eigenvalue weighted by atomic mass is 10.1. The van der Waals surface area contributed by atoms with Gasteiger partial charge in [-0.15, -0.1) is 0 Å². The van der Waals surface area contributed by atoms with Crippen LogP contribution in [0.1, 0.15) is 0 Å². The van der Waals surface area contributed by atoms with Crippen molar-refractivity contribution in [3.63, 3.8) is 0 Å². The van der Waals surface area contributed by atoms with Crippen LogP contribution in [0.2, 0.25) is 0 Å². The van der Waals surface area contributed by atoms with Gasteiger partial charge in [0.15, 0.2) is 0 Å². The Morgan fingerprint density at radius 2 is 1.96 bits per heavy atom. The number of amides is 1. The van der Waals surface area contributed by atoms with E-state index < -0.39 is 0 Å². The van der Waals surface area contributed by atoms with Crippen molar-refractivity contribution in [3.05, 3.63) is 75.7 Å². The monoisotopic (exact) mass is 381 g/mol. The maximum absolute atomic E-state index is 12.3. The van der Waals surface area contributed by atoms with E-state index in [9.17, 15) is 14.4 Å². The Morgan fingerprint density at radius 3 is 2.71 bits per heavy atom. The Kier molecular flexibility index (Phi) is 5.95. The van der Waals surface area contributed by atoms with Gasteiger partial charge in [-0.3, -0.25) is 19.0 Å². The molecule has 1 N–H and O–H groups in total. The molecule has 28 heavy (non-hydrogen) atoms. The first kappa shape index (κ1) is 19.0. The first-order valence-corrected chi connectivity index (χ1v) is 8.57. The number of methoxy groups -OCH3 is 1. The fourth-order valence-electron chi connectivity index (χ4n) is 2.62. The van der Waals surface area contributed by atoms with Gasteiger partial charge in [-0.25, -0.2) is 9.67 Å². The molecule has 1 aromatic carbocycles. The van der Waals surface area contributed by atoms with E-state index in [0.717, 1.165) is 0 Å². The van der Waals surface area contributed by atoms with E-state index in [4.69, 9.17) is 4.74 Å². The largest absolute Gasteiger partial charge is 0.496 e. The topological polar surface area (TPSA) is 108 Å². The third-order valence-electron chi connectivity index (χ3n) is 4.01. The molecule has 0 fully saturated rings. The predicted molar refractivity (Wildman–Crippen MR) is 102 cm³/mol. The Balaban J connectivity index is 1.63. The zero-order valence-corrected chi connectivity index (χ0v) is 15.2. The van der Waals surface area contributed by atoms with Crippen LogP contribution in [0.3, 0.4) is 0 Å². The van der Waals surface area contributed by atoms with Gasteiger partial charge in [-0.05, 0) is 18.2 Å². The molecule has 0 saturated heterocycles. The number of benzene rings is 1. The van der Waals surface area contributed by atoms with E-state index in [1.54, 1.807) is 25.3 Å². The number of nitrogens with zero attached hydrogens (tertiary/aromatic N) is 4. The molecule has 0 aliphatic rings. The summed E-state index contributed by atoms with van der Waals surface area (Å²) in [6.45, 7) is 0.289. The van der Waals surface area contributed by atoms with Gasteiger partial charge >= 0.3 is 0 Å². The maximum Gasteiger partial charge on any atom is 0.266 e. The summed E-state index contributed by atoms with van der Waals surface area (Å²) in [6.07, 6.45) is 2.82. The summed E-state index contributed by atoms with van der Waals surface area (Å²) in [5.41, 5.74) is 0.559. The molecule has 0 bridgehead atoms. The van der Waals surface area contributed by atoms with E-state index >= 15 is 0 Å². The van der Waals surface area contributed by atoms with Crippen molar-refractivity contribution in [2.45, 2.75) is 13.1 Å². The minimum Gasteiger partial charge on any atom is -0.496 e. The van der Waals surface area contributed by atoms with Gasteiger partial charge in [0.2, 0.25) is 5.91 Å². The molecule has 0 unspecified atom stereocenters. The Labute approximate surface area is 160 Å². The van der Waals surface area contributed by atoms with Crippen LogP contribution >= 0.6 is 0 Å². The molecule has 1 amide bonds. The molecule has 144 valence electrons. The average molecular weight is 381 g/mol. The van der Waals surface area contributed by atoms with Crippen molar-refractivity contribution in [2.24, 2.45) is 0 Å². The fraction of sp³-hybridized carbons (Fsp3) is 0.211. The van der Waals surface area contributed by atoms with Crippen LogP contribution in [0.25, 0.3) is 11.3 Å². The van der Waals surface area contributed by atoms with E-state index in [1.807, 2.05) is 12.1 Å². The highest BCUT2D eigenvalue weighted by Gasteiger charge is 2.10. The van der Waals surface area contributed by atoms with Crippen molar-refractivity contribution in [1.29, 1.82) is 0 Å². The molecule has 2 heterocycles. The summed E-state index contributed by atoms with van der Waals surface area (Å²) in [5.74, 6) is 0.243. The van der Waals surface area contributed by atoms with Crippen LogP contribution < -0.4 is 21.2 Å². The summed E-state index contributed by atoms with van der Waals surface area (Å²) in [5, 5.41) is 6.56. The molecule has 0 radical (unpaired) electrons. The predicted octanol–water partition coefficient (Wildman–Crippen LogP) is 0.292. The molecular formula is C19H19N5O4. The highest BCUT2D eigenvalue weighted by molar-refractivity contribution is 5.75. The lowest BCUT2D eigenvalue weighted by molar-refractivity contribution is -0.121. The Bertz CT molecular complexity index is 1090. The van der Waals surface area contributed by atoms with Gasteiger partial charge in [0.05, 0.1) is 25.7 Å². The summed E-state index contributed by atoms with van der Waals surface area (Å²) in [7, 11) is 1.55. The van der Waals surface area contributed by atoms with Crippen LogP contribution in [0.4, 0.5) is 0 Å². The molecule has 0 spiro atoms. The van der Waals surface area contributed by atoms with Gasteiger partial charge in [0.1, 0.15) is 12.3 Å². The standard InChI is InChI=1S/C19H19N5O4/c1-28-16-6-3-2-5-14(16)15-11-19(27)23(13-21-15)12-17(25)20-9-10-24-18(26)7-4-8-22-24/h2-8,11,13H,9-10,12H2,1H3,(H,20,25). The van der Waals surface area contributed by atoms with Crippen LogP contribution in [0, 0.1) is 0 Å². The van der Waals surface area contributed by atoms with Crippen LogP contribution in [0.5, 0.6) is 5.75 Å². The SMILES string of the molecule is COc1ccccc1-c1cc(=O)n(CC(=O)NCCn2ncccc2=O)cn1. The minimum atomic E-state index is -0.363. The number of hydrogen-bond donors (Lipinski definition) is 1. The van der Waals surface area contributed by atoms with E-state index in [-0.39, 0.29) is 36.7 Å². The lowest BCUT2D eigenvalue weighted by Gasteiger charge is -2.10. The fourth-order valence-corrected chi connectivity index (χ4v) is 2.62. The Hall–Kier alpha value is -3.75. The number of aromatic nitrogens is 4. The zero-order valence-electron chi connectivity index (χ0n) is 15.2.